The molecule has 2 aliphatic rings. The molecule has 3 aromatic rings. The molecule has 4 heteroatoms. The molecule has 0 saturated heterocycles. The van der Waals surface area contributed by atoms with Gasteiger partial charge in [-0.2, -0.15) is 0 Å². The summed E-state index contributed by atoms with van der Waals surface area (Å²) in [4.78, 5) is 3.30. The number of hydrogen-bond acceptors (Lipinski definition) is 0. The summed E-state index contributed by atoms with van der Waals surface area (Å²) in [6, 6.07) is 19.2. The summed E-state index contributed by atoms with van der Waals surface area (Å²) < 4.78 is 1.31. The second-order valence-electron chi connectivity index (χ2n) is 6.11. The molecule has 1 heterocycles. The first-order valence-corrected chi connectivity index (χ1v) is 9.46. The van der Waals surface area contributed by atoms with Gasteiger partial charge in [0.25, 0.3) is 0 Å². The van der Waals surface area contributed by atoms with Crippen LogP contribution in [0.5, 0.6) is 0 Å². The van der Waals surface area contributed by atoms with E-state index in [-0.39, 0.29) is 24.8 Å². The Labute approximate surface area is 181 Å². The Bertz CT molecular complexity index is 936. The number of fused-ring (bicyclic) bond motifs is 2. The van der Waals surface area contributed by atoms with Crippen LogP contribution in [0.2, 0.25) is 0 Å². The van der Waals surface area contributed by atoms with Crippen molar-refractivity contribution in [3.63, 3.8) is 0 Å². The van der Waals surface area contributed by atoms with E-state index in [0.717, 1.165) is 6.42 Å². The maximum atomic E-state index is 3.30. The van der Waals surface area contributed by atoms with Crippen molar-refractivity contribution in [2.45, 2.75) is 12.3 Å². The molecule has 5 rings (SSSR count). The van der Waals surface area contributed by atoms with Crippen molar-refractivity contribution in [2.24, 2.45) is 0 Å². The van der Waals surface area contributed by atoms with Crippen molar-refractivity contribution < 1.29 is 49.5 Å². The normalized spacial score (nSPS) is 16.2. The quantitative estimate of drug-likeness (QED) is 0.483. The van der Waals surface area contributed by atoms with Crippen molar-refractivity contribution in [2.75, 3.05) is 0 Å². The molecule has 0 saturated carbocycles. The van der Waals surface area contributed by atoms with Gasteiger partial charge in [-0.15, -0.1) is 0 Å². The summed E-state index contributed by atoms with van der Waals surface area (Å²) in [7, 11) is 0. The van der Waals surface area contributed by atoms with Gasteiger partial charge in [0.1, 0.15) is 0 Å². The zero-order chi connectivity index (χ0) is 16.4. The standard InChI is InChI=1S/C14H12.C8H6N.2ClH.Zr/c1-2-6-11(5-1)14-10-9-12-7-3-4-8-13(12)14;1-2-4-8-7(3-1)5-6-9-8;;;/h1-5,7-10,14H,6H2;1-5,9H;2*1H;/q;;;;+2/p-2. The van der Waals surface area contributed by atoms with Crippen molar-refractivity contribution in [1.29, 1.82) is 0 Å². The number of hydrogen-bond donors (Lipinski definition) is 1. The van der Waals surface area contributed by atoms with Gasteiger partial charge in [-0.05, 0) is 17.5 Å². The Hall–Kier alpha value is -1.34. The van der Waals surface area contributed by atoms with E-state index in [9.17, 15) is 0 Å². The Morgan fingerprint density at radius 3 is 2.50 bits per heavy atom. The predicted octanol–water partition coefficient (Wildman–Crippen LogP) is -0.969. The number of para-hydroxylation sites is 1. The Balaban J connectivity index is 0.000000182. The second-order valence-corrected chi connectivity index (χ2v) is 7.43. The van der Waals surface area contributed by atoms with E-state index in [1.807, 2.05) is 6.07 Å². The summed E-state index contributed by atoms with van der Waals surface area (Å²) in [6.45, 7) is 0. The van der Waals surface area contributed by atoms with Crippen LogP contribution in [0.25, 0.3) is 17.0 Å². The van der Waals surface area contributed by atoms with Gasteiger partial charge in [-0.1, -0.05) is 60.2 Å². The number of rotatable bonds is 1. The third kappa shape index (κ3) is 4.49. The van der Waals surface area contributed by atoms with Crippen LogP contribution in [0.4, 0.5) is 0 Å². The van der Waals surface area contributed by atoms with Gasteiger partial charge in [-0.3, -0.25) is 0 Å². The number of benzene rings is 2. The fourth-order valence-corrected chi connectivity index (χ4v) is 4.05. The molecular formula is C22H18Cl2NZr. The van der Waals surface area contributed by atoms with E-state index in [2.05, 4.69) is 83.9 Å². The van der Waals surface area contributed by atoms with Gasteiger partial charge < -0.3 is 24.8 Å². The second kappa shape index (κ2) is 9.56. The first kappa shape index (κ1) is 21.0. The molecule has 0 fully saturated rings. The molecule has 0 aliphatic heterocycles. The van der Waals surface area contributed by atoms with E-state index >= 15 is 0 Å². The van der Waals surface area contributed by atoms with Crippen LogP contribution < -0.4 is 28.2 Å². The summed E-state index contributed by atoms with van der Waals surface area (Å²) >= 11 is 1.45. The molecule has 2 aromatic carbocycles. The monoisotopic (exact) mass is 456 g/mol. The van der Waals surface area contributed by atoms with E-state index < -0.39 is 0 Å². The average molecular weight is 459 g/mol. The van der Waals surface area contributed by atoms with Crippen LogP contribution >= 0.6 is 0 Å². The van der Waals surface area contributed by atoms with Crippen molar-refractivity contribution >= 4 is 20.4 Å². The molecule has 1 unspecified atom stereocenters. The van der Waals surface area contributed by atoms with Crippen LogP contribution in [0.3, 0.4) is 0 Å². The Morgan fingerprint density at radius 1 is 0.962 bits per heavy atom. The van der Waals surface area contributed by atoms with Crippen LogP contribution in [0, 0.1) is 0 Å². The molecular weight excluding hydrogens is 440 g/mol. The first-order valence-electron chi connectivity index (χ1n) is 8.23. The molecule has 1 atom stereocenters. The topological polar surface area (TPSA) is 15.8 Å². The molecule has 1 aromatic heterocycles. The fourth-order valence-electron chi connectivity index (χ4n) is 3.34. The van der Waals surface area contributed by atoms with Gasteiger partial charge in [0.15, 0.2) is 0 Å². The van der Waals surface area contributed by atoms with Crippen molar-refractivity contribution in [3.05, 3.63) is 95.6 Å². The van der Waals surface area contributed by atoms with Crippen molar-refractivity contribution in [1.82, 2.24) is 4.98 Å². The summed E-state index contributed by atoms with van der Waals surface area (Å²) in [5.74, 6) is 0.529. The zero-order valence-electron chi connectivity index (χ0n) is 14.1. The molecule has 0 radical (unpaired) electrons. The summed E-state index contributed by atoms with van der Waals surface area (Å²) in [5.41, 5.74) is 5.60. The fraction of sp³-hybridized carbons (Fsp3) is 0.0909. The van der Waals surface area contributed by atoms with Gasteiger partial charge >= 0.3 is 74.3 Å². The number of nitrogens with one attached hydrogen (secondary N) is 1. The summed E-state index contributed by atoms with van der Waals surface area (Å²) in [6.07, 6.45) is 12.3. The van der Waals surface area contributed by atoms with Crippen LogP contribution in [0.15, 0.2) is 84.5 Å². The third-order valence-electron chi connectivity index (χ3n) is 4.53. The molecule has 0 spiro atoms. The molecule has 26 heavy (non-hydrogen) atoms. The van der Waals surface area contributed by atoms with E-state index in [1.165, 1.54) is 55.7 Å². The number of aromatic nitrogens is 1. The molecule has 2 aliphatic carbocycles. The van der Waals surface area contributed by atoms with E-state index in [0.29, 0.717) is 5.92 Å². The Kier molecular flexibility index (Phi) is 7.71. The van der Waals surface area contributed by atoms with Gasteiger partial charge in [-0.25, -0.2) is 0 Å². The number of H-pyrrole nitrogens is 1. The third-order valence-corrected chi connectivity index (χ3v) is 5.19. The molecule has 1 nitrogen and oxygen atoms in total. The van der Waals surface area contributed by atoms with Gasteiger partial charge in [0.2, 0.25) is 0 Å². The SMILES string of the molecule is C1=CCC(C2C=Cc3ccccc32)=C1.[Cl-].[Cl-].[Zr+2][c]1cc2ccccc2[nH]1. The van der Waals surface area contributed by atoms with Crippen molar-refractivity contribution in [3.8, 4) is 0 Å². The zero-order valence-corrected chi connectivity index (χ0v) is 18.1. The predicted molar refractivity (Wildman–Crippen MR) is 98.0 cm³/mol. The van der Waals surface area contributed by atoms with Crippen LogP contribution in [-0.4, -0.2) is 4.98 Å². The van der Waals surface area contributed by atoms with Crippen LogP contribution in [0.1, 0.15) is 23.5 Å². The first-order chi connectivity index (χ1) is 11.8. The average Bonchev–Trinajstić information content (AvgIpc) is 3.33. The van der Waals surface area contributed by atoms with E-state index in [1.54, 1.807) is 0 Å². The van der Waals surface area contributed by atoms with Crippen LogP contribution in [-0.2, 0) is 24.7 Å². The van der Waals surface area contributed by atoms with Gasteiger partial charge in [0, 0.05) is 5.92 Å². The molecule has 129 valence electrons. The maximum absolute atomic E-state index is 3.30. The summed E-state index contributed by atoms with van der Waals surface area (Å²) in [5, 5.41) is 1.31. The Morgan fingerprint density at radius 2 is 1.73 bits per heavy atom. The van der Waals surface area contributed by atoms with E-state index in [4.69, 9.17) is 0 Å². The van der Waals surface area contributed by atoms with Gasteiger partial charge in [0.05, 0.1) is 0 Å². The molecule has 0 amide bonds. The molecule has 0 bridgehead atoms. The minimum absolute atomic E-state index is 0. The minimum atomic E-state index is 0. The molecule has 1 N–H and O–H groups in total. The number of allylic oxidation sites excluding steroid dienone is 5. The number of aromatic amines is 1. The number of halogens is 2.